The highest BCUT2D eigenvalue weighted by Gasteiger charge is 2.04. The predicted octanol–water partition coefficient (Wildman–Crippen LogP) is 2.18. The van der Waals surface area contributed by atoms with Gasteiger partial charge in [0.2, 0.25) is 5.91 Å². The van der Waals surface area contributed by atoms with E-state index < -0.39 is 0 Å². The van der Waals surface area contributed by atoms with Crippen LogP contribution in [0, 0.1) is 6.54 Å². The summed E-state index contributed by atoms with van der Waals surface area (Å²) in [5.74, 6) is -0.0457. The van der Waals surface area contributed by atoms with Crippen LogP contribution < -0.4 is 5.32 Å². The minimum Gasteiger partial charge on any atom is -0.351 e. The number of nitrogens with one attached hydrogen (secondary N) is 1. The molecule has 0 aromatic heterocycles. The van der Waals surface area contributed by atoms with Gasteiger partial charge in [0, 0.05) is 11.6 Å². The molecule has 0 saturated carbocycles. The molecule has 0 bridgehead atoms. The molecule has 1 rings (SSSR count). The van der Waals surface area contributed by atoms with Gasteiger partial charge in [-0.05, 0) is 18.6 Å². The van der Waals surface area contributed by atoms with Crippen LogP contribution >= 0.6 is 11.6 Å². The Morgan fingerprint density at radius 3 is 2.85 bits per heavy atom. The first kappa shape index (κ1) is 10.1. The molecule has 0 atom stereocenters. The number of rotatable bonds is 3. The van der Waals surface area contributed by atoms with Gasteiger partial charge in [0.05, 0.1) is 6.42 Å². The molecule has 13 heavy (non-hydrogen) atoms. The van der Waals surface area contributed by atoms with Crippen molar-refractivity contribution in [1.29, 1.82) is 0 Å². The highest BCUT2D eigenvalue weighted by molar-refractivity contribution is 6.31. The van der Waals surface area contributed by atoms with Crippen LogP contribution in [0.3, 0.4) is 0 Å². The molecule has 0 heterocycles. The third kappa shape index (κ3) is 3.07. The first-order valence-electron chi connectivity index (χ1n) is 4.04. The van der Waals surface area contributed by atoms with Crippen molar-refractivity contribution in [2.45, 2.75) is 13.3 Å². The second-order valence-electron chi connectivity index (χ2n) is 2.62. The lowest BCUT2D eigenvalue weighted by Gasteiger charge is -2.03. The molecule has 2 nitrogen and oxygen atoms in total. The number of carbonyl (C=O) groups excluding carboxylic acids is 1. The van der Waals surface area contributed by atoms with Crippen LogP contribution in [0.2, 0.25) is 5.02 Å². The van der Waals surface area contributed by atoms with Gasteiger partial charge in [0.1, 0.15) is 0 Å². The topological polar surface area (TPSA) is 29.1 Å². The van der Waals surface area contributed by atoms with Gasteiger partial charge >= 0.3 is 0 Å². The highest BCUT2D eigenvalue weighted by atomic mass is 35.5. The van der Waals surface area contributed by atoms with Crippen LogP contribution in [0.25, 0.3) is 0 Å². The summed E-state index contributed by atoms with van der Waals surface area (Å²) in [5, 5.41) is 3.23. The molecule has 1 N–H and O–H groups in total. The van der Waals surface area contributed by atoms with E-state index in [0.717, 1.165) is 5.56 Å². The van der Waals surface area contributed by atoms with E-state index in [1.165, 1.54) is 0 Å². The van der Waals surface area contributed by atoms with Crippen molar-refractivity contribution in [2.24, 2.45) is 0 Å². The highest BCUT2D eigenvalue weighted by Crippen LogP contribution is 2.14. The first-order chi connectivity index (χ1) is 6.24. The van der Waals surface area contributed by atoms with Crippen molar-refractivity contribution in [2.75, 3.05) is 0 Å². The standard InChI is InChI=1S/C10H11ClNO/c1-2-12-10(13)7-8-5-3-4-6-9(8)11/h2-6H,7H2,1H3,(H,12,13). The van der Waals surface area contributed by atoms with Gasteiger partial charge in [-0.1, -0.05) is 29.8 Å². The molecule has 1 radical (unpaired) electrons. The third-order valence-corrected chi connectivity index (χ3v) is 1.98. The zero-order valence-corrected chi connectivity index (χ0v) is 8.14. The molecule has 0 spiro atoms. The van der Waals surface area contributed by atoms with Crippen molar-refractivity contribution in [3.05, 3.63) is 41.4 Å². The summed E-state index contributed by atoms with van der Waals surface area (Å²) in [6.07, 6.45) is 0.323. The Bertz CT molecular complexity index is 299. The van der Waals surface area contributed by atoms with Crippen LogP contribution in [-0.4, -0.2) is 5.91 Å². The molecule has 0 aliphatic heterocycles. The predicted molar refractivity (Wildman–Crippen MR) is 53.3 cm³/mol. The van der Waals surface area contributed by atoms with Gasteiger partial charge in [-0.2, -0.15) is 0 Å². The Morgan fingerprint density at radius 2 is 2.23 bits per heavy atom. The molecule has 69 valence electrons. The van der Waals surface area contributed by atoms with Crippen LogP contribution in [0.15, 0.2) is 24.3 Å². The summed E-state index contributed by atoms with van der Waals surface area (Å²) in [7, 11) is 0. The molecule has 0 unspecified atom stereocenters. The molecular formula is C10H11ClNO. The molecule has 3 heteroatoms. The summed E-state index contributed by atoms with van der Waals surface area (Å²) < 4.78 is 0. The molecule has 1 amide bonds. The average Bonchev–Trinajstić information content (AvgIpc) is 2.09. The first-order valence-corrected chi connectivity index (χ1v) is 4.42. The molecule has 0 fully saturated rings. The van der Waals surface area contributed by atoms with Crippen LogP contribution in [0.1, 0.15) is 12.5 Å². The van der Waals surface area contributed by atoms with E-state index in [0.29, 0.717) is 11.4 Å². The van der Waals surface area contributed by atoms with Gasteiger partial charge in [0.15, 0.2) is 0 Å². The fourth-order valence-corrected chi connectivity index (χ4v) is 1.23. The van der Waals surface area contributed by atoms with Crippen molar-refractivity contribution in [3.63, 3.8) is 0 Å². The average molecular weight is 197 g/mol. The fourth-order valence-electron chi connectivity index (χ4n) is 1.03. The largest absolute Gasteiger partial charge is 0.351 e. The fraction of sp³-hybridized carbons (Fsp3) is 0.200. The number of hydrogen-bond donors (Lipinski definition) is 1. The number of carbonyl (C=O) groups is 1. The van der Waals surface area contributed by atoms with Crippen LogP contribution in [-0.2, 0) is 11.2 Å². The lowest BCUT2D eigenvalue weighted by atomic mass is 10.1. The molecule has 0 saturated heterocycles. The Hall–Kier alpha value is -1.02. The second kappa shape index (κ2) is 4.87. The summed E-state index contributed by atoms with van der Waals surface area (Å²) >= 11 is 5.88. The Kier molecular flexibility index (Phi) is 3.77. The zero-order valence-electron chi connectivity index (χ0n) is 7.38. The maximum Gasteiger partial charge on any atom is 0.224 e. The van der Waals surface area contributed by atoms with E-state index in [4.69, 9.17) is 11.6 Å². The molecule has 0 aliphatic rings. The van der Waals surface area contributed by atoms with Crippen LogP contribution in [0.5, 0.6) is 0 Å². The van der Waals surface area contributed by atoms with Crippen molar-refractivity contribution in [1.82, 2.24) is 5.32 Å². The smallest absolute Gasteiger partial charge is 0.224 e. The maximum atomic E-state index is 11.2. The lowest BCUT2D eigenvalue weighted by molar-refractivity contribution is -0.119. The molecular weight excluding hydrogens is 186 g/mol. The Labute approximate surface area is 82.9 Å². The number of hydrogen-bond acceptors (Lipinski definition) is 1. The van der Waals surface area contributed by atoms with E-state index in [1.54, 1.807) is 19.5 Å². The zero-order chi connectivity index (χ0) is 9.68. The number of amides is 1. The van der Waals surface area contributed by atoms with E-state index in [2.05, 4.69) is 5.32 Å². The molecule has 1 aromatic rings. The summed E-state index contributed by atoms with van der Waals surface area (Å²) in [5.41, 5.74) is 0.850. The van der Waals surface area contributed by atoms with Crippen molar-refractivity contribution >= 4 is 17.5 Å². The SMILES string of the molecule is C[CH]NC(=O)Cc1ccccc1Cl. The minimum atomic E-state index is -0.0457. The molecule has 1 aromatic carbocycles. The van der Waals surface area contributed by atoms with Crippen LogP contribution in [0.4, 0.5) is 0 Å². The lowest BCUT2D eigenvalue weighted by Crippen LogP contribution is -2.21. The maximum absolute atomic E-state index is 11.2. The van der Waals surface area contributed by atoms with E-state index in [1.807, 2.05) is 18.2 Å². The third-order valence-electron chi connectivity index (χ3n) is 1.61. The quantitative estimate of drug-likeness (QED) is 0.789. The van der Waals surface area contributed by atoms with Crippen molar-refractivity contribution < 1.29 is 4.79 Å². The van der Waals surface area contributed by atoms with Gasteiger partial charge in [0.25, 0.3) is 0 Å². The normalized spacial score (nSPS) is 9.69. The summed E-state index contributed by atoms with van der Waals surface area (Å²) in [4.78, 5) is 11.2. The van der Waals surface area contributed by atoms with Gasteiger partial charge < -0.3 is 5.32 Å². The Balaban J connectivity index is 2.63. The number of halogens is 1. The minimum absolute atomic E-state index is 0.0457. The van der Waals surface area contributed by atoms with E-state index in [9.17, 15) is 4.79 Å². The van der Waals surface area contributed by atoms with E-state index >= 15 is 0 Å². The summed E-state index contributed by atoms with van der Waals surface area (Å²) in [6, 6.07) is 7.33. The second-order valence-corrected chi connectivity index (χ2v) is 3.03. The van der Waals surface area contributed by atoms with Gasteiger partial charge in [-0.3, -0.25) is 4.79 Å². The van der Waals surface area contributed by atoms with Crippen molar-refractivity contribution in [3.8, 4) is 0 Å². The van der Waals surface area contributed by atoms with E-state index in [-0.39, 0.29) is 5.91 Å². The van der Waals surface area contributed by atoms with Gasteiger partial charge in [-0.15, -0.1) is 0 Å². The monoisotopic (exact) mass is 196 g/mol. The van der Waals surface area contributed by atoms with Gasteiger partial charge in [-0.25, -0.2) is 0 Å². The molecule has 0 aliphatic carbocycles. The number of benzene rings is 1. The summed E-state index contributed by atoms with van der Waals surface area (Å²) in [6.45, 7) is 3.38. The Morgan fingerprint density at radius 1 is 1.54 bits per heavy atom.